The average Bonchev–Trinajstić information content (AvgIpc) is 3.17. The highest BCUT2D eigenvalue weighted by Crippen LogP contribution is 2.46. The van der Waals surface area contributed by atoms with Gasteiger partial charge in [-0.25, -0.2) is 0 Å². The van der Waals surface area contributed by atoms with Crippen LogP contribution in [0.5, 0.6) is 0 Å². The summed E-state index contributed by atoms with van der Waals surface area (Å²) in [7, 11) is 0. The Morgan fingerprint density at radius 1 is 1.35 bits per heavy atom. The zero-order valence-electron chi connectivity index (χ0n) is 10.1. The van der Waals surface area contributed by atoms with Crippen molar-refractivity contribution in [3.8, 4) is 0 Å². The molecule has 0 spiro atoms. The van der Waals surface area contributed by atoms with Crippen molar-refractivity contribution in [2.45, 2.75) is 26.2 Å². The number of hydrogen-bond acceptors (Lipinski definition) is 1. The minimum absolute atomic E-state index is 0.0416. The molecule has 0 bridgehead atoms. The van der Waals surface area contributed by atoms with Crippen molar-refractivity contribution in [2.24, 2.45) is 5.41 Å². The van der Waals surface area contributed by atoms with Crippen LogP contribution in [0.25, 0.3) is 0 Å². The minimum Gasteiger partial charge on any atom is -0.351 e. The van der Waals surface area contributed by atoms with Gasteiger partial charge in [-0.15, -0.1) is 0 Å². The van der Waals surface area contributed by atoms with E-state index in [9.17, 15) is 4.79 Å². The fourth-order valence-electron chi connectivity index (χ4n) is 1.80. The fourth-order valence-corrected chi connectivity index (χ4v) is 2.56. The Balaban J connectivity index is 1.90. The molecule has 0 aromatic heterocycles. The number of amides is 1. The molecule has 0 radical (unpaired) electrons. The molecule has 2 nitrogen and oxygen atoms in total. The number of benzene rings is 1. The van der Waals surface area contributed by atoms with E-state index in [0.717, 1.165) is 23.9 Å². The standard InChI is InChI=1S/C14H18BrNO/c1-2-11-3-5-12(6-4-11)13(17)16-10-14(9-15)7-8-14/h3-6H,2,7-10H2,1H3,(H,16,17). The number of nitrogens with one attached hydrogen (secondary N) is 1. The summed E-state index contributed by atoms with van der Waals surface area (Å²) in [4.78, 5) is 11.9. The molecule has 1 N–H and O–H groups in total. The number of alkyl halides is 1. The third kappa shape index (κ3) is 3.09. The highest BCUT2D eigenvalue weighted by molar-refractivity contribution is 9.09. The number of rotatable bonds is 5. The topological polar surface area (TPSA) is 29.1 Å². The zero-order chi connectivity index (χ0) is 12.3. The van der Waals surface area contributed by atoms with Crippen molar-refractivity contribution in [1.82, 2.24) is 5.32 Å². The molecule has 1 saturated carbocycles. The van der Waals surface area contributed by atoms with Crippen LogP contribution in [0.4, 0.5) is 0 Å². The van der Waals surface area contributed by atoms with Gasteiger partial charge in [-0.2, -0.15) is 0 Å². The molecule has 1 aliphatic rings. The van der Waals surface area contributed by atoms with Crippen LogP contribution in [0, 0.1) is 5.41 Å². The predicted octanol–water partition coefficient (Wildman–Crippen LogP) is 3.15. The summed E-state index contributed by atoms with van der Waals surface area (Å²) in [5.41, 5.74) is 2.35. The van der Waals surface area contributed by atoms with Gasteiger partial charge < -0.3 is 5.32 Å². The predicted molar refractivity (Wildman–Crippen MR) is 73.6 cm³/mol. The van der Waals surface area contributed by atoms with Gasteiger partial charge in [0.1, 0.15) is 0 Å². The second-order valence-corrected chi connectivity index (χ2v) is 5.43. The summed E-state index contributed by atoms with van der Waals surface area (Å²) in [5, 5.41) is 4.00. The lowest BCUT2D eigenvalue weighted by Crippen LogP contribution is -2.30. The van der Waals surface area contributed by atoms with Gasteiger partial charge in [0.25, 0.3) is 5.91 Å². The molecule has 92 valence electrons. The molecule has 2 rings (SSSR count). The summed E-state index contributed by atoms with van der Waals surface area (Å²) in [6.07, 6.45) is 3.44. The maximum atomic E-state index is 11.9. The second kappa shape index (κ2) is 5.21. The van der Waals surface area contributed by atoms with Crippen LogP contribution in [-0.4, -0.2) is 17.8 Å². The minimum atomic E-state index is 0.0416. The van der Waals surface area contributed by atoms with E-state index in [1.807, 2.05) is 24.3 Å². The first-order valence-electron chi connectivity index (χ1n) is 6.12. The monoisotopic (exact) mass is 295 g/mol. The van der Waals surface area contributed by atoms with E-state index in [-0.39, 0.29) is 5.91 Å². The van der Waals surface area contributed by atoms with E-state index in [4.69, 9.17) is 0 Å². The van der Waals surface area contributed by atoms with E-state index in [1.165, 1.54) is 18.4 Å². The molecule has 17 heavy (non-hydrogen) atoms. The van der Waals surface area contributed by atoms with E-state index in [1.54, 1.807) is 0 Å². The maximum absolute atomic E-state index is 11.9. The SMILES string of the molecule is CCc1ccc(C(=O)NCC2(CBr)CC2)cc1. The Morgan fingerprint density at radius 2 is 2.00 bits per heavy atom. The first-order chi connectivity index (χ1) is 8.19. The summed E-state index contributed by atoms with van der Waals surface area (Å²) in [5.74, 6) is 0.0416. The summed E-state index contributed by atoms with van der Waals surface area (Å²) in [6, 6.07) is 7.85. The maximum Gasteiger partial charge on any atom is 0.251 e. The number of carbonyl (C=O) groups excluding carboxylic acids is 1. The Bertz CT molecular complexity index is 395. The van der Waals surface area contributed by atoms with Crippen molar-refractivity contribution in [1.29, 1.82) is 0 Å². The van der Waals surface area contributed by atoms with E-state index in [2.05, 4.69) is 28.2 Å². The fraction of sp³-hybridized carbons (Fsp3) is 0.500. The van der Waals surface area contributed by atoms with Crippen LogP contribution < -0.4 is 5.32 Å². The Labute approximate surface area is 111 Å². The Kier molecular flexibility index (Phi) is 3.87. The van der Waals surface area contributed by atoms with Crippen LogP contribution in [0.1, 0.15) is 35.7 Å². The third-order valence-electron chi connectivity index (χ3n) is 3.49. The normalized spacial score (nSPS) is 16.6. The lowest BCUT2D eigenvalue weighted by atomic mass is 10.1. The Morgan fingerprint density at radius 3 is 2.47 bits per heavy atom. The van der Waals surface area contributed by atoms with Gasteiger partial charge in [0.05, 0.1) is 0 Å². The van der Waals surface area contributed by atoms with Crippen molar-refractivity contribution in [2.75, 3.05) is 11.9 Å². The highest BCUT2D eigenvalue weighted by Gasteiger charge is 2.41. The molecular weight excluding hydrogens is 278 g/mol. The van der Waals surface area contributed by atoms with Crippen LogP contribution >= 0.6 is 15.9 Å². The van der Waals surface area contributed by atoms with Crippen LogP contribution in [-0.2, 0) is 6.42 Å². The molecule has 0 saturated heterocycles. The Hall–Kier alpha value is -0.830. The van der Waals surface area contributed by atoms with Crippen LogP contribution in [0.3, 0.4) is 0 Å². The van der Waals surface area contributed by atoms with Gasteiger partial charge >= 0.3 is 0 Å². The third-order valence-corrected chi connectivity index (χ3v) is 4.68. The number of halogens is 1. The van der Waals surface area contributed by atoms with Crippen LogP contribution in [0.2, 0.25) is 0 Å². The molecule has 1 fully saturated rings. The second-order valence-electron chi connectivity index (χ2n) is 4.87. The number of aryl methyl sites for hydroxylation is 1. The highest BCUT2D eigenvalue weighted by atomic mass is 79.9. The number of hydrogen-bond donors (Lipinski definition) is 1. The van der Waals surface area contributed by atoms with Gasteiger partial charge in [-0.3, -0.25) is 4.79 Å². The van der Waals surface area contributed by atoms with Crippen molar-refractivity contribution in [3.63, 3.8) is 0 Å². The van der Waals surface area contributed by atoms with Gasteiger partial charge in [-0.05, 0) is 42.4 Å². The first-order valence-corrected chi connectivity index (χ1v) is 7.24. The quantitative estimate of drug-likeness (QED) is 0.831. The molecule has 1 aliphatic carbocycles. The molecule has 1 aromatic rings. The molecular formula is C14H18BrNO. The molecule has 0 heterocycles. The van der Waals surface area contributed by atoms with Gasteiger partial charge in [0, 0.05) is 17.4 Å². The van der Waals surface area contributed by atoms with Gasteiger partial charge in [-0.1, -0.05) is 35.0 Å². The van der Waals surface area contributed by atoms with E-state index >= 15 is 0 Å². The largest absolute Gasteiger partial charge is 0.351 e. The molecule has 0 unspecified atom stereocenters. The molecule has 1 amide bonds. The number of carbonyl (C=O) groups is 1. The summed E-state index contributed by atoms with van der Waals surface area (Å²) in [6.45, 7) is 2.90. The molecule has 0 aliphatic heterocycles. The van der Waals surface area contributed by atoms with Crippen molar-refractivity contribution >= 4 is 21.8 Å². The molecule has 3 heteroatoms. The first kappa shape index (κ1) is 12.6. The van der Waals surface area contributed by atoms with E-state index in [0.29, 0.717) is 5.41 Å². The summed E-state index contributed by atoms with van der Waals surface area (Å²) < 4.78 is 0. The van der Waals surface area contributed by atoms with Crippen LogP contribution in [0.15, 0.2) is 24.3 Å². The zero-order valence-corrected chi connectivity index (χ0v) is 11.7. The van der Waals surface area contributed by atoms with Crippen molar-refractivity contribution in [3.05, 3.63) is 35.4 Å². The molecule has 1 aromatic carbocycles. The average molecular weight is 296 g/mol. The summed E-state index contributed by atoms with van der Waals surface area (Å²) >= 11 is 3.51. The van der Waals surface area contributed by atoms with Crippen molar-refractivity contribution < 1.29 is 4.79 Å². The molecule has 0 atom stereocenters. The lowest BCUT2D eigenvalue weighted by molar-refractivity contribution is 0.0946. The van der Waals surface area contributed by atoms with Gasteiger partial charge in [0.15, 0.2) is 0 Å². The van der Waals surface area contributed by atoms with Gasteiger partial charge in [0.2, 0.25) is 0 Å². The van der Waals surface area contributed by atoms with E-state index < -0.39 is 0 Å². The smallest absolute Gasteiger partial charge is 0.251 e. The lowest BCUT2D eigenvalue weighted by Gasteiger charge is -2.12.